The Bertz CT molecular complexity index is 1190. The number of ether oxygens (including phenoxy) is 4. The molecule has 0 bridgehead atoms. The van der Waals surface area contributed by atoms with Gasteiger partial charge >= 0.3 is 5.97 Å². The lowest BCUT2D eigenvalue weighted by atomic mass is 10.1. The predicted molar refractivity (Wildman–Crippen MR) is 128 cm³/mol. The third-order valence-electron chi connectivity index (χ3n) is 4.86. The fourth-order valence-electron chi connectivity index (χ4n) is 3.15. The zero-order valence-corrected chi connectivity index (χ0v) is 19.0. The first kappa shape index (κ1) is 24.2. The van der Waals surface area contributed by atoms with Crippen LogP contribution in [0.15, 0.2) is 66.7 Å². The Morgan fingerprint density at radius 1 is 0.853 bits per heavy atom. The first-order chi connectivity index (χ1) is 16.4. The van der Waals surface area contributed by atoms with Crippen LogP contribution < -0.4 is 24.3 Å². The highest BCUT2D eigenvalue weighted by Crippen LogP contribution is 2.33. The minimum atomic E-state index is -1.21. The minimum Gasteiger partial charge on any atom is -0.493 e. The maximum Gasteiger partial charge on any atom is 0.337 e. The van der Waals surface area contributed by atoms with Crippen molar-refractivity contribution in [3.05, 3.63) is 83.4 Å². The second kappa shape index (κ2) is 11.4. The molecule has 3 rings (SSSR count). The Balaban J connectivity index is 1.76. The van der Waals surface area contributed by atoms with E-state index in [0.29, 0.717) is 29.4 Å². The summed E-state index contributed by atoms with van der Waals surface area (Å²) in [4.78, 5) is 24.1. The van der Waals surface area contributed by atoms with Gasteiger partial charge in [0.05, 0.1) is 32.6 Å². The van der Waals surface area contributed by atoms with E-state index in [4.69, 9.17) is 18.9 Å². The van der Waals surface area contributed by atoms with Crippen molar-refractivity contribution in [2.24, 2.45) is 0 Å². The maximum absolute atomic E-state index is 12.5. The van der Waals surface area contributed by atoms with E-state index in [9.17, 15) is 14.7 Å². The molecular formula is C26H25NO7. The van der Waals surface area contributed by atoms with Crippen LogP contribution in [0.1, 0.15) is 21.5 Å². The molecule has 34 heavy (non-hydrogen) atoms. The molecule has 176 valence electrons. The van der Waals surface area contributed by atoms with Crippen molar-refractivity contribution >= 4 is 23.6 Å². The smallest absolute Gasteiger partial charge is 0.337 e. The average molecular weight is 463 g/mol. The summed E-state index contributed by atoms with van der Waals surface area (Å²) in [5.41, 5.74) is 1.67. The van der Waals surface area contributed by atoms with Gasteiger partial charge in [-0.15, -0.1) is 0 Å². The van der Waals surface area contributed by atoms with Crippen LogP contribution >= 0.6 is 0 Å². The molecule has 0 aliphatic heterocycles. The van der Waals surface area contributed by atoms with Crippen molar-refractivity contribution in [1.29, 1.82) is 0 Å². The summed E-state index contributed by atoms with van der Waals surface area (Å²) < 4.78 is 21.6. The largest absolute Gasteiger partial charge is 0.493 e. The lowest BCUT2D eigenvalue weighted by Crippen LogP contribution is -2.12. The zero-order chi connectivity index (χ0) is 24.5. The molecule has 0 saturated heterocycles. The quantitative estimate of drug-likeness (QED) is 0.422. The number of benzene rings is 3. The van der Waals surface area contributed by atoms with Gasteiger partial charge in [-0.25, -0.2) is 4.79 Å². The molecule has 8 nitrogen and oxygen atoms in total. The predicted octanol–water partition coefficient (Wildman–Crippen LogP) is 4.64. The first-order valence-electron chi connectivity index (χ1n) is 10.3. The van der Waals surface area contributed by atoms with Crippen LogP contribution in [0.5, 0.6) is 23.0 Å². The molecule has 0 radical (unpaired) electrons. The highest BCUT2D eigenvalue weighted by Gasteiger charge is 2.17. The highest BCUT2D eigenvalue weighted by atomic mass is 16.5. The molecular weight excluding hydrogens is 438 g/mol. The number of nitrogens with one attached hydrogen (secondary N) is 1. The molecule has 0 aromatic heterocycles. The van der Waals surface area contributed by atoms with Gasteiger partial charge in [-0.2, -0.15) is 0 Å². The van der Waals surface area contributed by atoms with E-state index in [2.05, 4.69) is 5.32 Å². The summed E-state index contributed by atoms with van der Waals surface area (Å²) in [6.45, 7) is 0.363. The van der Waals surface area contributed by atoms with E-state index in [0.717, 1.165) is 5.56 Å². The number of rotatable bonds is 10. The van der Waals surface area contributed by atoms with Gasteiger partial charge in [-0.05, 0) is 29.3 Å². The van der Waals surface area contributed by atoms with Gasteiger partial charge in [0.2, 0.25) is 5.91 Å². The van der Waals surface area contributed by atoms with E-state index < -0.39 is 11.9 Å². The van der Waals surface area contributed by atoms with Crippen LogP contribution in [0.3, 0.4) is 0 Å². The van der Waals surface area contributed by atoms with Crippen molar-refractivity contribution < 1.29 is 33.6 Å². The summed E-state index contributed by atoms with van der Waals surface area (Å²) in [5, 5.41) is 12.1. The van der Waals surface area contributed by atoms with Gasteiger partial charge in [0.25, 0.3) is 0 Å². The standard InChI is InChI=1S/C26H25NO7/c1-31-21-11-9-17(13-24(21)34-16-18-7-5-4-6-8-18)10-12-25(28)27-20-15-23(33-3)22(32-2)14-19(20)26(29)30/h4-15H,16H2,1-3H3,(H,27,28)(H,29,30)/b12-10-. The van der Waals surface area contributed by atoms with Crippen LogP contribution in [0, 0.1) is 0 Å². The van der Waals surface area contributed by atoms with Gasteiger partial charge in [0, 0.05) is 18.2 Å². The maximum atomic E-state index is 12.5. The Hall–Kier alpha value is -4.46. The number of aromatic carboxylic acids is 1. The molecule has 0 atom stereocenters. The summed E-state index contributed by atoms with van der Waals surface area (Å²) in [5.74, 6) is -0.0966. The summed E-state index contributed by atoms with van der Waals surface area (Å²) in [6.07, 6.45) is 2.89. The van der Waals surface area contributed by atoms with E-state index in [-0.39, 0.29) is 17.0 Å². The van der Waals surface area contributed by atoms with Crippen molar-refractivity contribution in [3.8, 4) is 23.0 Å². The third kappa shape index (κ3) is 6.07. The summed E-state index contributed by atoms with van der Waals surface area (Å²) in [7, 11) is 4.37. The number of carbonyl (C=O) groups excluding carboxylic acids is 1. The Labute approximate surface area is 197 Å². The van der Waals surface area contributed by atoms with Crippen LogP contribution in [0.2, 0.25) is 0 Å². The van der Waals surface area contributed by atoms with Gasteiger partial charge in [-0.1, -0.05) is 36.4 Å². The van der Waals surface area contributed by atoms with Gasteiger partial charge < -0.3 is 29.4 Å². The fraction of sp³-hybridized carbons (Fsp3) is 0.154. The van der Waals surface area contributed by atoms with Gasteiger partial charge in [-0.3, -0.25) is 4.79 Å². The summed E-state index contributed by atoms with van der Waals surface area (Å²) in [6, 6.07) is 17.7. The van der Waals surface area contributed by atoms with Crippen molar-refractivity contribution in [1.82, 2.24) is 0 Å². The average Bonchev–Trinajstić information content (AvgIpc) is 2.86. The zero-order valence-electron chi connectivity index (χ0n) is 19.0. The summed E-state index contributed by atoms with van der Waals surface area (Å²) >= 11 is 0. The van der Waals surface area contributed by atoms with Crippen molar-refractivity contribution in [2.45, 2.75) is 6.61 Å². The molecule has 0 spiro atoms. The van der Waals surface area contributed by atoms with E-state index in [1.54, 1.807) is 31.4 Å². The van der Waals surface area contributed by atoms with E-state index >= 15 is 0 Å². The van der Waals surface area contributed by atoms with Crippen LogP contribution in [0.4, 0.5) is 5.69 Å². The molecule has 0 aliphatic carbocycles. The number of methoxy groups -OCH3 is 3. The number of amides is 1. The van der Waals surface area contributed by atoms with Crippen molar-refractivity contribution in [2.75, 3.05) is 26.6 Å². The molecule has 8 heteroatoms. The number of hydrogen-bond donors (Lipinski definition) is 2. The topological polar surface area (TPSA) is 103 Å². The van der Waals surface area contributed by atoms with E-state index in [1.807, 2.05) is 30.3 Å². The molecule has 0 saturated carbocycles. The number of carboxylic acids is 1. The van der Waals surface area contributed by atoms with E-state index in [1.165, 1.54) is 32.4 Å². The minimum absolute atomic E-state index is 0.0846. The fourth-order valence-corrected chi connectivity index (χ4v) is 3.15. The highest BCUT2D eigenvalue weighted by molar-refractivity contribution is 6.06. The van der Waals surface area contributed by atoms with Gasteiger partial charge in [0.15, 0.2) is 23.0 Å². The Morgan fingerprint density at radius 3 is 2.18 bits per heavy atom. The number of hydrogen-bond acceptors (Lipinski definition) is 6. The third-order valence-corrected chi connectivity index (χ3v) is 4.86. The number of anilines is 1. The van der Waals surface area contributed by atoms with Crippen molar-refractivity contribution in [3.63, 3.8) is 0 Å². The first-order valence-corrected chi connectivity index (χ1v) is 10.3. The Kier molecular flexibility index (Phi) is 8.12. The molecule has 3 aromatic rings. The van der Waals surface area contributed by atoms with Gasteiger partial charge in [0.1, 0.15) is 6.61 Å². The molecule has 2 N–H and O–H groups in total. The second-order valence-corrected chi connectivity index (χ2v) is 7.07. The number of carbonyl (C=O) groups is 2. The Morgan fingerprint density at radius 2 is 1.53 bits per heavy atom. The van der Waals surface area contributed by atoms with Crippen LogP contribution in [-0.2, 0) is 11.4 Å². The second-order valence-electron chi connectivity index (χ2n) is 7.07. The monoisotopic (exact) mass is 463 g/mol. The normalized spacial score (nSPS) is 10.6. The SMILES string of the molecule is COc1cc(NC(=O)/C=C\c2ccc(OC)c(OCc3ccccc3)c2)c(C(=O)O)cc1OC. The lowest BCUT2D eigenvalue weighted by molar-refractivity contribution is -0.111. The molecule has 1 amide bonds. The molecule has 0 unspecified atom stereocenters. The molecule has 0 fully saturated rings. The molecule has 0 aliphatic rings. The molecule has 0 heterocycles. The van der Waals surface area contributed by atoms with Crippen LogP contribution in [0.25, 0.3) is 6.08 Å². The lowest BCUT2D eigenvalue weighted by Gasteiger charge is -2.13. The van der Waals surface area contributed by atoms with Crippen LogP contribution in [-0.4, -0.2) is 38.3 Å². The molecule has 3 aromatic carbocycles. The number of carboxylic acid groups (broad SMARTS) is 1.